The minimum Gasteiger partial charge on any atom is -0.378 e. The molecule has 2 aromatic heterocycles. The zero-order valence-electron chi connectivity index (χ0n) is 13.5. The van der Waals surface area contributed by atoms with Crippen molar-refractivity contribution in [2.75, 3.05) is 31.2 Å². The molecule has 0 spiro atoms. The molecule has 6 nitrogen and oxygen atoms in total. The Hall–Kier alpha value is -2.12. The maximum atomic E-state index is 5.41. The van der Waals surface area contributed by atoms with E-state index in [0.717, 1.165) is 65.6 Å². The number of aromatic amines is 1. The number of morpholine rings is 1. The molecule has 4 rings (SSSR count). The van der Waals surface area contributed by atoms with Gasteiger partial charge >= 0.3 is 0 Å². The first-order valence-corrected chi connectivity index (χ1v) is 9.01. The number of rotatable bonds is 4. The second kappa shape index (κ2) is 6.78. The molecule has 0 atom stereocenters. The van der Waals surface area contributed by atoms with Crippen molar-refractivity contribution in [3.8, 4) is 0 Å². The van der Waals surface area contributed by atoms with Crippen molar-refractivity contribution in [3.05, 3.63) is 41.9 Å². The Bertz CT molecular complexity index is 811. The van der Waals surface area contributed by atoms with Gasteiger partial charge in [-0.05, 0) is 19.1 Å². The van der Waals surface area contributed by atoms with Gasteiger partial charge in [-0.15, -0.1) is 0 Å². The summed E-state index contributed by atoms with van der Waals surface area (Å²) in [6.45, 7) is 5.28. The van der Waals surface area contributed by atoms with Crippen LogP contribution in [0.15, 0.2) is 35.5 Å². The van der Waals surface area contributed by atoms with E-state index < -0.39 is 0 Å². The lowest BCUT2D eigenvalue weighted by Crippen LogP contribution is -2.36. The molecule has 0 aliphatic carbocycles. The average molecular weight is 341 g/mol. The smallest absolute Gasteiger partial charge is 0.190 e. The number of fused-ring (bicyclic) bond motifs is 1. The minimum atomic E-state index is 0.723. The first-order valence-electron chi connectivity index (χ1n) is 8.03. The molecule has 3 heterocycles. The lowest BCUT2D eigenvalue weighted by Gasteiger charge is -2.28. The average Bonchev–Trinajstić information content (AvgIpc) is 3.03. The number of benzene rings is 1. The molecule has 1 N–H and O–H groups in total. The molecular weight excluding hydrogens is 322 g/mol. The first kappa shape index (κ1) is 15.4. The number of para-hydroxylation sites is 2. The van der Waals surface area contributed by atoms with E-state index in [4.69, 9.17) is 9.72 Å². The molecule has 1 aliphatic heterocycles. The fourth-order valence-corrected chi connectivity index (χ4v) is 3.52. The zero-order chi connectivity index (χ0) is 16.4. The van der Waals surface area contributed by atoms with Crippen LogP contribution in [0.2, 0.25) is 0 Å². The number of anilines is 1. The van der Waals surface area contributed by atoms with Crippen molar-refractivity contribution >= 4 is 28.6 Å². The molecule has 1 aliphatic rings. The maximum absolute atomic E-state index is 5.41. The van der Waals surface area contributed by atoms with E-state index in [1.807, 2.05) is 37.3 Å². The van der Waals surface area contributed by atoms with Crippen molar-refractivity contribution in [2.24, 2.45) is 0 Å². The largest absolute Gasteiger partial charge is 0.378 e. The van der Waals surface area contributed by atoms with Crippen LogP contribution in [0.5, 0.6) is 0 Å². The zero-order valence-corrected chi connectivity index (χ0v) is 14.3. The van der Waals surface area contributed by atoms with Crippen LogP contribution < -0.4 is 4.90 Å². The molecule has 3 aromatic rings. The van der Waals surface area contributed by atoms with Gasteiger partial charge < -0.3 is 14.6 Å². The van der Waals surface area contributed by atoms with Crippen LogP contribution in [0.1, 0.15) is 11.5 Å². The molecule has 0 radical (unpaired) electrons. The highest BCUT2D eigenvalue weighted by atomic mass is 32.2. The fraction of sp³-hybridized carbons (Fsp3) is 0.353. The van der Waals surface area contributed by atoms with Crippen molar-refractivity contribution in [2.45, 2.75) is 17.8 Å². The molecule has 0 bridgehead atoms. The van der Waals surface area contributed by atoms with E-state index in [2.05, 4.69) is 19.9 Å². The van der Waals surface area contributed by atoms with E-state index in [0.29, 0.717) is 0 Å². The van der Waals surface area contributed by atoms with Gasteiger partial charge in [0.15, 0.2) is 5.16 Å². The number of nitrogens with one attached hydrogen (secondary N) is 1. The van der Waals surface area contributed by atoms with Crippen LogP contribution in [0.25, 0.3) is 11.0 Å². The van der Waals surface area contributed by atoms with E-state index >= 15 is 0 Å². The number of ether oxygens (including phenoxy) is 1. The lowest BCUT2D eigenvalue weighted by molar-refractivity contribution is 0.122. The van der Waals surface area contributed by atoms with Crippen LogP contribution >= 0.6 is 11.8 Å². The molecule has 1 aromatic carbocycles. The normalized spacial score (nSPS) is 15.1. The second-order valence-electron chi connectivity index (χ2n) is 5.74. The van der Waals surface area contributed by atoms with Gasteiger partial charge in [0.25, 0.3) is 0 Å². The van der Waals surface area contributed by atoms with Gasteiger partial charge in [0.05, 0.1) is 30.0 Å². The number of aromatic nitrogens is 4. The number of nitrogens with zero attached hydrogens (tertiary/aromatic N) is 4. The summed E-state index contributed by atoms with van der Waals surface area (Å²) >= 11 is 1.61. The highest BCUT2D eigenvalue weighted by Crippen LogP contribution is 2.23. The Kier molecular flexibility index (Phi) is 4.36. The van der Waals surface area contributed by atoms with Gasteiger partial charge in [-0.1, -0.05) is 23.9 Å². The standard InChI is InChI=1S/C17H19N5OS/c1-12-10-16(22-6-8-23-9-7-22)21-17(18-12)24-11-15-19-13-4-2-3-5-14(13)20-15/h2-5,10H,6-9,11H2,1H3,(H,19,20). The molecule has 1 saturated heterocycles. The molecular formula is C17H19N5OS. The Morgan fingerprint density at radius 2 is 2.00 bits per heavy atom. The summed E-state index contributed by atoms with van der Waals surface area (Å²) in [5.74, 6) is 2.65. The summed E-state index contributed by atoms with van der Waals surface area (Å²) in [6.07, 6.45) is 0. The number of H-pyrrole nitrogens is 1. The summed E-state index contributed by atoms with van der Waals surface area (Å²) in [4.78, 5) is 19.5. The molecule has 0 unspecified atom stereocenters. The van der Waals surface area contributed by atoms with Crippen LogP contribution in [0.3, 0.4) is 0 Å². The number of aryl methyl sites for hydroxylation is 1. The fourth-order valence-electron chi connectivity index (χ4n) is 2.75. The third kappa shape index (κ3) is 3.37. The predicted octanol–water partition coefficient (Wildman–Crippen LogP) is 2.79. The highest BCUT2D eigenvalue weighted by Gasteiger charge is 2.14. The monoisotopic (exact) mass is 341 g/mol. The lowest BCUT2D eigenvalue weighted by atomic mass is 10.3. The topological polar surface area (TPSA) is 66.9 Å². The Morgan fingerprint density at radius 3 is 2.83 bits per heavy atom. The van der Waals surface area contributed by atoms with Gasteiger partial charge in [0.1, 0.15) is 11.6 Å². The quantitative estimate of drug-likeness (QED) is 0.581. The molecule has 1 fully saturated rings. The van der Waals surface area contributed by atoms with E-state index in [-0.39, 0.29) is 0 Å². The Labute approximate surface area is 144 Å². The van der Waals surface area contributed by atoms with Crippen molar-refractivity contribution in [1.29, 1.82) is 0 Å². The second-order valence-corrected chi connectivity index (χ2v) is 6.68. The number of thioether (sulfide) groups is 1. The molecule has 0 amide bonds. The van der Waals surface area contributed by atoms with E-state index in [9.17, 15) is 0 Å². The van der Waals surface area contributed by atoms with E-state index in [1.165, 1.54) is 0 Å². The molecule has 7 heteroatoms. The van der Waals surface area contributed by atoms with Gasteiger partial charge in [-0.25, -0.2) is 15.0 Å². The van der Waals surface area contributed by atoms with E-state index in [1.54, 1.807) is 11.8 Å². The SMILES string of the molecule is Cc1cc(N2CCOCC2)nc(SCc2nc3ccccc3[nH]2)n1. The van der Waals surface area contributed by atoms with Crippen molar-refractivity contribution in [1.82, 2.24) is 19.9 Å². The van der Waals surface area contributed by atoms with Crippen LogP contribution in [0.4, 0.5) is 5.82 Å². The predicted molar refractivity (Wildman–Crippen MR) is 95.5 cm³/mol. The maximum Gasteiger partial charge on any atom is 0.190 e. The van der Waals surface area contributed by atoms with Crippen LogP contribution in [-0.2, 0) is 10.5 Å². The summed E-state index contributed by atoms with van der Waals surface area (Å²) in [5, 5.41) is 0.789. The minimum absolute atomic E-state index is 0.723. The number of hydrogen-bond acceptors (Lipinski definition) is 6. The molecule has 124 valence electrons. The Morgan fingerprint density at radius 1 is 1.17 bits per heavy atom. The summed E-state index contributed by atoms with van der Waals surface area (Å²) in [7, 11) is 0. The van der Waals surface area contributed by atoms with Crippen molar-refractivity contribution < 1.29 is 4.74 Å². The van der Waals surface area contributed by atoms with Gasteiger partial charge in [0.2, 0.25) is 0 Å². The third-order valence-electron chi connectivity index (χ3n) is 3.93. The van der Waals surface area contributed by atoms with Gasteiger partial charge in [-0.2, -0.15) is 0 Å². The first-order chi connectivity index (χ1) is 11.8. The third-order valence-corrected chi connectivity index (χ3v) is 4.79. The van der Waals surface area contributed by atoms with Gasteiger partial charge in [-0.3, -0.25) is 0 Å². The van der Waals surface area contributed by atoms with Crippen LogP contribution in [-0.4, -0.2) is 46.2 Å². The Balaban J connectivity index is 1.50. The van der Waals surface area contributed by atoms with Gasteiger partial charge in [0, 0.05) is 24.8 Å². The summed E-state index contributed by atoms with van der Waals surface area (Å²) < 4.78 is 5.41. The molecule has 24 heavy (non-hydrogen) atoms. The summed E-state index contributed by atoms with van der Waals surface area (Å²) in [5.41, 5.74) is 3.04. The number of hydrogen-bond donors (Lipinski definition) is 1. The molecule has 0 saturated carbocycles. The summed E-state index contributed by atoms with van der Waals surface area (Å²) in [6, 6.07) is 10.1. The van der Waals surface area contributed by atoms with Crippen LogP contribution in [0, 0.1) is 6.92 Å². The number of imidazole rings is 1. The van der Waals surface area contributed by atoms with Crippen molar-refractivity contribution in [3.63, 3.8) is 0 Å². The highest BCUT2D eigenvalue weighted by molar-refractivity contribution is 7.98.